The van der Waals surface area contributed by atoms with E-state index in [4.69, 9.17) is 4.74 Å². The maximum Gasteiger partial charge on any atom is 0.235 e. The maximum absolute atomic E-state index is 5.03. The summed E-state index contributed by atoms with van der Waals surface area (Å²) in [5, 5.41) is 0. The molecule has 2 aromatic heterocycles. The van der Waals surface area contributed by atoms with Gasteiger partial charge in [0, 0.05) is 43.1 Å². The smallest absolute Gasteiger partial charge is 0.235 e. The second kappa shape index (κ2) is 7.27. The van der Waals surface area contributed by atoms with Crippen LogP contribution in [0.4, 0.5) is 0 Å². The first-order valence-electron chi connectivity index (χ1n) is 5.30. The van der Waals surface area contributed by atoms with E-state index in [2.05, 4.69) is 33.8 Å². The molecular formula is C12H16N4O. The number of ether oxygens (including phenoxy) is 1. The Labute approximate surface area is 101 Å². The lowest BCUT2D eigenvalue weighted by atomic mass is 10.1. The zero-order chi connectivity index (χ0) is 12.5. The molecule has 0 unspecified atom stereocenters. The van der Waals surface area contributed by atoms with Crippen LogP contribution in [-0.2, 0) is 0 Å². The Bertz CT molecular complexity index is 393. The van der Waals surface area contributed by atoms with Crippen LogP contribution in [0.1, 0.15) is 25.5 Å². The van der Waals surface area contributed by atoms with Crippen LogP contribution in [0.25, 0.3) is 0 Å². The molecule has 17 heavy (non-hydrogen) atoms. The summed E-state index contributed by atoms with van der Waals surface area (Å²) in [6.07, 6.45) is 9.86. The van der Waals surface area contributed by atoms with E-state index in [1.54, 1.807) is 44.3 Å². The molecule has 0 saturated heterocycles. The summed E-state index contributed by atoms with van der Waals surface area (Å²) in [7, 11) is 1.61. The van der Waals surface area contributed by atoms with Crippen molar-refractivity contribution in [2.24, 2.45) is 0 Å². The van der Waals surface area contributed by atoms with Crippen LogP contribution in [0, 0.1) is 0 Å². The largest absolute Gasteiger partial charge is 0.480 e. The van der Waals surface area contributed by atoms with E-state index >= 15 is 0 Å². The third-order valence-electron chi connectivity index (χ3n) is 1.91. The van der Waals surface area contributed by atoms with Gasteiger partial charge in [-0.25, -0.2) is 4.98 Å². The van der Waals surface area contributed by atoms with Gasteiger partial charge < -0.3 is 4.74 Å². The second-order valence-electron chi connectivity index (χ2n) is 3.50. The molecule has 0 N–H and O–H groups in total. The minimum absolute atomic E-state index is 0.360. The van der Waals surface area contributed by atoms with Gasteiger partial charge in [-0.3, -0.25) is 15.0 Å². The van der Waals surface area contributed by atoms with E-state index in [1.807, 2.05) is 0 Å². The van der Waals surface area contributed by atoms with Gasteiger partial charge in [-0.15, -0.1) is 0 Å². The average Bonchev–Trinajstić information content (AvgIpc) is 2.41. The lowest BCUT2D eigenvalue weighted by molar-refractivity contribution is 0.386. The first kappa shape index (κ1) is 13.0. The predicted molar refractivity (Wildman–Crippen MR) is 64.7 cm³/mol. The predicted octanol–water partition coefficient (Wildman–Crippen LogP) is 2.09. The maximum atomic E-state index is 5.03. The van der Waals surface area contributed by atoms with Crippen molar-refractivity contribution in [2.45, 2.75) is 19.8 Å². The quantitative estimate of drug-likeness (QED) is 0.793. The molecule has 2 aromatic rings. The molecule has 0 atom stereocenters. The van der Waals surface area contributed by atoms with Crippen LogP contribution in [0.15, 0.2) is 37.2 Å². The molecule has 0 aliphatic heterocycles. The van der Waals surface area contributed by atoms with E-state index in [0.29, 0.717) is 11.8 Å². The molecule has 0 radical (unpaired) electrons. The molecule has 5 heteroatoms. The highest BCUT2D eigenvalue weighted by molar-refractivity contribution is 5.20. The molecule has 0 spiro atoms. The highest BCUT2D eigenvalue weighted by Gasteiger charge is 2.07. The molecule has 0 aliphatic rings. The summed E-state index contributed by atoms with van der Waals surface area (Å²) in [5.74, 6) is 0.987. The van der Waals surface area contributed by atoms with Gasteiger partial charge in [0.2, 0.25) is 5.88 Å². The summed E-state index contributed by atoms with van der Waals surface area (Å²) in [6.45, 7) is 4.12. The number of nitrogens with zero attached hydrogens (tertiary/aromatic N) is 4. The highest BCUT2D eigenvalue weighted by atomic mass is 16.5. The van der Waals surface area contributed by atoms with Gasteiger partial charge in [0.15, 0.2) is 0 Å². The zero-order valence-corrected chi connectivity index (χ0v) is 10.2. The Morgan fingerprint density at radius 3 is 1.76 bits per heavy atom. The number of hydrogen-bond acceptors (Lipinski definition) is 5. The van der Waals surface area contributed by atoms with Crippen LogP contribution in [0.3, 0.4) is 0 Å². The minimum atomic E-state index is 0.360. The molecule has 2 rings (SSSR count). The van der Waals surface area contributed by atoms with E-state index in [1.165, 1.54) is 0 Å². The molecule has 0 bridgehead atoms. The van der Waals surface area contributed by atoms with E-state index in [0.717, 1.165) is 5.69 Å². The normalized spacial score (nSPS) is 9.41. The van der Waals surface area contributed by atoms with Crippen molar-refractivity contribution < 1.29 is 4.74 Å². The van der Waals surface area contributed by atoms with Crippen molar-refractivity contribution in [3.63, 3.8) is 0 Å². The van der Waals surface area contributed by atoms with Gasteiger partial charge in [-0.2, -0.15) is 0 Å². The van der Waals surface area contributed by atoms with E-state index < -0.39 is 0 Å². The van der Waals surface area contributed by atoms with Crippen LogP contribution >= 0.6 is 0 Å². The van der Waals surface area contributed by atoms with Crippen molar-refractivity contribution >= 4 is 0 Å². The molecule has 0 fully saturated rings. The lowest BCUT2D eigenvalue weighted by Crippen LogP contribution is -1.99. The van der Waals surface area contributed by atoms with Gasteiger partial charge in [0.25, 0.3) is 0 Å². The SMILES string of the molecule is COc1nccnc1C(C)C.c1cnccn1. The van der Waals surface area contributed by atoms with Gasteiger partial charge in [0.05, 0.1) is 7.11 Å². The fourth-order valence-corrected chi connectivity index (χ4v) is 1.14. The molecule has 5 nitrogen and oxygen atoms in total. The van der Waals surface area contributed by atoms with Crippen molar-refractivity contribution in [1.82, 2.24) is 19.9 Å². The number of rotatable bonds is 2. The van der Waals surface area contributed by atoms with Gasteiger partial charge >= 0.3 is 0 Å². The number of methoxy groups -OCH3 is 1. The Hall–Kier alpha value is -2.04. The average molecular weight is 232 g/mol. The summed E-state index contributed by atoms with van der Waals surface area (Å²) >= 11 is 0. The Kier molecular flexibility index (Phi) is 5.57. The first-order chi connectivity index (χ1) is 8.25. The summed E-state index contributed by atoms with van der Waals surface area (Å²) in [6, 6.07) is 0. The van der Waals surface area contributed by atoms with Gasteiger partial charge in [-0.1, -0.05) is 13.8 Å². The Balaban J connectivity index is 0.000000202. The minimum Gasteiger partial charge on any atom is -0.480 e. The zero-order valence-electron chi connectivity index (χ0n) is 10.2. The van der Waals surface area contributed by atoms with Crippen molar-refractivity contribution in [1.29, 1.82) is 0 Å². The summed E-state index contributed by atoms with van der Waals surface area (Å²) in [5.41, 5.74) is 0.912. The first-order valence-corrected chi connectivity index (χ1v) is 5.30. The third-order valence-corrected chi connectivity index (χ3v) is 1.91. The summed E-state index contributed by atoms with van der Waals surface area (Å²) in [4.78, 5) is 15.6. The number of hydrogen-bond donors (Lipinski definition) is 0. The fraction of sp³-hybridized carbons (Fsp3) is 0.333. The Morgan fingerprint density at radius 1 is 0.882 bits per heavy atom. The topological polar surface area (TPSA) is 60.8 Å². The lowest BCUT2D eigenvalue weighted by Gasteiger charge is -2.07. The van der Waals surface area contributed by atoms with Crippen molar-refractivity contribution in [3.8, 4) is 5.88 Å². The number of aromatic nitrogens is 4. The fourth-order valence-electron chi connectivity index (χ4n) is 1.14. The summed E-state index contributed by atoms with van der Waals surface area (Å²) < 4.78 is 5.03. The molecule has 2 heterocycles. The molecule has 90 valence electrons. The Morgan fingerprint density at radius 2 is 1.41 bits per heavy atom. The van der Waals surface area contributed by atoms with Crippen molar-refractivity contribution in [2.75, 3.05) is 7.11 Å². The highest BCUT2D eigenvalue weighted by Crippen LogP contribution is 2.19. The molecule has 0 aromatic carbocycles. The molecule has 0 saturated carbocycles. The molecule has 0 amide bonds. The van der Waals surface area contributed by atoms with Crippen molar-refractivity contribution in [3.05, 3.63) is 42.9 Å². The molecular weight excluding hydrogens is 216 g/mol. The van der Waals surface area contributed by atoms with Crippen LogP contribution < -0.4 is 4.74 Å². The van der Waals surface area contributed by atoms with E-state index in [-0.39, 0.29) is 0 Å². The van der Waals surface area contributed by atoms with Gasteiger partial charge in [-0.05, 0) is 0 Å². The monoisotopic (exact) mass is 232 g/mol. The standard InChI is InChI=1S/C8H12N2O.C4H4N2/c1-6(2)7-8(11-3)10-5-4-9-7;1-2-6-4-3-5-1/h4-6H,1-3H3;1-4H. The molecule has 0 aliphatic carbocycles. The van der Waals surface area contributed by atoms with E-state index in [9.17, 15) is 0 Å². The van der Waals surface area contributed by atoms with Gasteiger partial charge in [0.1, 0.15) is 5.69 Å². The second-order valence-corrected chi connectivity index (χ2v) is 3.50. The third kappa shape index (κ3) is 4.55. The van der Waals surface area contributed by atoms with Crippen LogP contribution in [-0.4, -0.2) is 27.0 Å². The van der Waals surface area contributed by atoms with Crippen LogP contribution in [0.2, 0.25) is 0 Å². The van der Waals surface area contributed by atoms with Crippen LogP contribution in [0.5, 0.6) is 5.88 Å².